The van der Waals surface area contributed by atoms with Crippen LogP contribution in [0, 0.1) is 23.4 Å². The van der Waals surface area contributed by atoms with Crippen molar-refractivity contribution in [2.24, 2.45) is 11.8 Å². The molecule has 2 unspecified atom stereocenters. The summed E-state index contributed by atoms with van der Waals surface area (Å²) >= 11 is 0. The molecule has 1 aliphatic rings. The highest BCUT2D eigenvalue weighted by molar-refractivity contribution is 6.08. The molecule has 1 saturated heterocycles. The smallest absolute Gasteiger partial charge is 0.323 e. The Morgan fingerprint density at radius 1 is 1.03 bits per heavy atom. The zero-order chi connectivity index (χ0) is 21.5. The number of hydrogen-bond acceptors (Lipinski definition) is 3. The Morgan fingerprint density at radius 3 is 2.24 bits per heavy atom. The van der Waals surface area contributed by atoms with E-state index in [0.717, 1.165) is 30.3 Å². The number of benzene rings is 2. The molecule has 0 aromatic heterocycles. The third-order valence-corrected chi connectivity index (χ3v) is 4.59. The first-order valence-electron chi connectivity index (χ1n) is 8.18. The van der Waals surface area contributed by atoms with Crippen LogP contribution in [-0.4, -0.2) is 23.4 Å². The summed E-state index contributed by atoms with van der Waals surface area (Å²) in [6, 6.07) is 5.17. The van der Waals surface area contributed by atoms with E-state index in [1.807, 2.05) is 5.32 Å². The van der Waals surface area contributed by atoms with Gasteiger partial charge >= 0.3 is 6.18 Å². The molecule has 154 valence electrons. The lowest BCUT2D eigenvalue weighted by Crippen LogP contribution is -2.37. The van der Waals surface area contributed by atoms with Crippen molar-refractivity contribution in [3.63, 3.8) is 0 Å². The fourth-order valence-corrected chi connectivity index (χ4v) is 3.10. The van der Waals surface area contributed by atoms with Gasteiger partial charge in [0, 0.05) is 12.5 Å². The van der Waals surface area contributed by atoms with Gasteiger partial charge in [-0.25, -0.2) is 19.0 Å². The molecule has 1 heterocycles. The fraction of sp³-hybridized carbons (Fsp3) is 0.222. The summed E-state index contributed by atoms with van der Waals surface area (Å²) in [6.07, 6.45) is -4.56. The molecule has 1 aliphatic heterocycles. The summed E-state index contributed by atoms with van der Waals surface area (Å²) in [5, 5.41) is 2.72. The molecule has 29 heavy (non-hydrogen) atoms. The van der Waals surface area contributed by atoms with Gasteiger partial charge in [-0.2, -0.15) is 13.2 Å². The molecule has 3 N–H and O–H groups in total. The largest absolute Gasteiger partial charge is 0.416 e. The van der Waals surface area contributed by atoms with Crippen molar-refractivity contribution >= 4 is 17.5 Å². The van der Waals surface area contributed by atoms with Crippen LogP contribution >= 0.6 is 0 Å². The lowest BCUT2D eigenvalue weighted by molar-refractivity contribution is -0.138. The summed E-state index contributed by atoms with van der Waals surface area (Å²) in [6.45, 7) is -0.178. The topological polar surface area (TPSA) is 75.4 Å². The van der Waals surface area contributed by atoms with Crippen LogP contribution in [0.2, 0.25) is 0 Å². The second-order valence-corrected chi connectivity index (χ2v) is 6.41. The first-order chi connectivity index (χ1) is 13.5. The third kappa shape index (κ3) is 3.90. The van der Waals surface area contributed by atoms with E-state index in [9.17, 15) is 35.9 Å². The summed E-state index contributed by atoms with van der Waals surface area (Å²) in [5.74, 6) is -3.72. The van der Waals surface area contributed by atoms with E-state index in [2.05, 4.69) is 0 Å². The van der Waals surface area contributed by atoms with Crippen LogP contribution in [0.15, 0.2) is 36.4 Å². The number of carbonyl (C=O) groups is 2. The number of hydrogen-bond donors (Lipinski definition) is 2. The van der Waals surface area contributed by atoms with Crippen molar-refractivity contribution in [3.05, 3.63) is 65.0 Å². The van der Waals surface area contributed by atoms with Gasteiger partial charge in [-0.3, -0.25) is 14.6 Å². The van der Waals surface area contributed by atoms with Gasteiger partial charge in [0.05, 0.1) is 11.3 Å². The Balaban J connectivity index is 1.88. The average Bonchev–Trinajstić information content (AvgIpc) is 2.96. The molecule has 3 rings (SSSR count). The number of nitrogens with one attached hydrogen (secondary N) is 1. The van der Waals surface area contributed by atoms with Crippen LogP contribution < -0.4 is 11.2 Å². The Kier molecular flexibility index (Phi) is 5.26. The van der Waals surface area contributed by atoms with Crippen LogP contribution in [0.4, 0.5) is 32.0 Å². The molecule has 0 saturated carbocycles. The van der Waals surface area contributed by atoms with E-state index >= 15 is 0 Å². The molecule has 1 fully saturated rings. The maximum absolute atomic E-state index is 13.8. The van der Waals surface area contributed by atoms with Crippen LogP contribution in [0.25, 0.3) is 0 Å². The van der Waals surface area contributed by atoms with Crippen LogP contribution in [0.5, 0.6) is 0 Å². The van der Waals surface area contributed by atoms with Gasteiger partial charge in [0.15, 0.2) is 17.5 Å². The minimum atomic E-state index is -4.56. The highest BCUT2D eigenvalue weighted by Crippen LogP contribution is 2.36. The summed E-state index contributed by atoms with van der Waals surface area (Å²) in [4.78, 5) is 24.8. The maximum atomic E-state index is 13.8. The van der Waals surface area contributed by atoms with Gasteiger partial charge in [0.2, 0.25) is 11.8 Å². The highest BCUT2D eigenvalue weighted by Gasteiger charge is 2.45. The molecule has 5 nitrogen and oxygen atoms in total. The normalized spacial score (nSPS) is 19.6. The van der Waals surface area contributed by atoms with E-state index in [-0.39, 0.29) is 12.1 Å². The van der Waals surface area contributed by atoms with E-state index in [0.29, 0.717) is 11.1 Å². The van der Waals surface area contributed by atoms with Gasteiger partial charge in [-0.05, 0) is 29.8 Å². The first-order valence-corrected chi connectivity index (χ1v) is 8.18. The number of halogens is 6. The first kappa shape index (κ1) is 20.6. The summed E-state index contributed by atoms with van der Waals surface area (Å²) < 4.78 is 78.4. The van der Waals surface area contributed by atoms with Crippen LogP contribution in [0.3, 0.4) is 0 Å². The molecule has 0 spiro atoms. The fourth-order valence-electron chi connectivity index (χ4n) is 3.10. The zero-order valence-corrected chi connectivity index (χ0v) is 14.4. The predicted molar refractivity (Wildman–Crippen MR) is 88.5 cm³/mol. The Labute approximate surface area is 160 Å². The minimum Gasteiger partial charge on any atom is -0.323 e. The monoisotopic (exact) mass is 417 g/mol. The molecular formula is C18H13F6N3O2. The maximum Gasteiger partial charge on any atom is 0.416 e. The predicted octanol–water partition coefficient (Wildman–Crippen LogP) is 3.18. The zero-order valence-electron chi connectivity index (χ0n) is 14.4. The lowest BCUT2D eigenvalue weighted by atomic mass is 9.87. The van der Waals surface area contributed by atoms with Crippen molar-refractivity contribution < 1.29 is 35.9 Å². The molecule has 2 aromatic rings. The number of nitrogens with zero attached hydrogens (tertiary/aromatic N) is 1. The molecule has 2 atom stereocenters. The average molecular weight is 417 g/mol. The molecule has 11 heteroatoms. The van der Waals surface area contributed by atoms with E-state index in [1.165, 1.54) is 0 Å². The molecule has 2 amide bonds. The van der Waals surface area contributed by atoms with Gasteiger partial charge in [-0.15, -0.1) is 0 Å². The number of alkyl halides is 3. The number of nitrogens with two attached hydrogens (primary N) is 1. The SMILES string of the molecule is NN1CC(c2ccc(C(F)(F)F)cc2)C(C(=O)Nc2ccc(F)c(F)c2F)C1=O. The lowest BCUT2D eigenvalue weighted by Gasteiger charge is -2.18. The second-order valence-electron chi connectivity index (χ2n) is 6.41. The van der Waals surface area contributed by atoms with Gasteiger partial charge < -0.3 is 5.32 Å². The Hall–Kier alpha value is -3.08. The third-order valence-electron chi connectivity index (χ3n) is 4.59. The minimum absolute atomic E-state index is 0.178. The molecule has 0 bridgehead atoms. The van der Waals surface area contributed by atoms with E-state index in [4.69, 9.17) is 5.84 Å². The quantitative estimate of drug-likeness (QED) is 0.265. The number of amides is 2. The van der Waals surface area contributed by atoms with Crippen molar-refractivity contribution in [2.75, 3.05) is 11.9 Å². The van der Waals surface area contributed by atoms with E-state index < -0.39 is 58.5 Å². The molecule has 0 aliphatic carbocycles. The van der Waals surface area contributed by atoms with Crippen molar-refractivity contribution in [2.45, 2.75) is 12.1 Å². The summed E-state index contributed by atoms with van der Waals surface area (Å²) in [7, 11) is 0. The number of carbonyl (C=O) groups excluding carboxylic acids is 2. The van der Waals surface area contributed by atoms with Crippen molar-refractivity contribution in [1.82, 2.24) is 5.01 Å². The number of rotatable bonds is 3. The Morgan fingerprint density at radius 2 is 1.66 bits per heavy atom. The Bertz CT molecular complexity index is 961. The molecule has 0 radical (unpaired) electrons. The van der Waals surface area contributed by atoms with Crippen LogP contribution in [0.1, 0.15) is 17.0 Å². The number of anilines is 1. The summed E-state index contributed by atoms with van der Waals surface area (Å²) in [5.41, 5.74) is -1.38. The standard InChI is InChI=1S/C18H13F6N3O2/c19-11-5-6-12(15(21)14(11)20)26-16(28)13-10(7-27(25)17(13)29)8-1-3-9(4-2-8)18(22,23)24/h1-6,10,13H,7,25H2,(H,26,28). The number of hydrazine groups is 1. The van der Waals surface area contributed by atoms with Gasteiger partial charge in [-0.1, -0.05) is 12.1 Å². The van der Waals surface area contributed by atoms with Gasteiger partial charge in [0.1, 0.15) is 5.92 Å². The van der Waals surface area contributed by atoms with E-state index in [1.54, 1.807) is 0 Å². The van der Waals surface area contributed by atoms with Gasteiger partial charge in [0.25, 0.3) is 0 Å². The van der Waals surface area contributed by atoms with Crippen LogP contribution in [-0.2, 0) is 15.8 Å². The second kappa shape index (κ2) is 7.39. The van der Waals surface area contributed by atoms with Crippen molar-refractivity contribution in [1.29, 1.82) is 0 Å². The molecule has 2 aromatic carbocycles. The van der Waals surface area contributed by atoms with Crippen molar-refractivity contribution in [3.8, 4) is 0 Å². The molecular weight excluding hydrogens is 404 g/mol. The highest BCUT2D eigenvalue weighted by atomic mass is 19.4.